The van der Waals surface area contributed by atoms with Crippen LogP contribution in [0.3, 0.4) is 0 Å². The number of rotatable bonds is 16. The third-order valence-electron chi connectivity index (χ3n) is 7.18. The van der Waals surface area contributed by atoms with Crippen LogP contribution < -0.4 is 27.0 Å². The maximum atomic E-state index is 13.0. The minimum atomic E-state index is -1.49. The Labute approximate surface area is 237 Å². The van der Waals surface area contributed by atoms with Crippen LogP contribution in [0.15, 0.2) is 0 Å². The summed E-state index contributed by atoms with van der Waals surface area (Å²) in [6.07, 6.45) is -2.13. The zero-order chi connectivity index (χ0) is 30.9. The molecule has 16 heteroatoms. The molecule has 2 aliphatic rings. The first kappa shape index (κ1) is 33.9. The highest BCUT2D eigenvalue weighted by Crippen LogP contribution is 2.36. The molecule has 2 rings (SSSR count). The SMILES string of the molecule is CC(=O)N[C@H]1C2OC[C@@H](O2)[C@@H](O)[C@@H]1[C@@H](C)C(=O)N[C@@H](C)C(=O)N[C@H](CCC(=O)N[C@@H](CCCCN)C(=O)O)C(=O)O. The van der Waals surface area contributed by atoms with E-state index in [0.29, 0.717) is 19.4 Å². The lowest BCUT2D eigenvalue weighted by Crippen LogP contribution is -2.61. The topological polar surface area (TPSA) is 256 Å². The smallest absolute Gasteiger partial charge is 0.326 e. The quantitative estimate of drug-likeness (QED) is 0.0866. The van der Waals surface area contributed by atoms with Gasteiger partial charge in [0.1, 0.15) is 24.2 Å². The number of carboxylic acid groups (broad SMARTS) is 2. The summed E-state index contributed by atoms with van der Waals surface area (Å²) >= 11 is 0. The first-order valence-corrected chi connectivity index (χ1v) is 13.5. The molecular weight excluding hydrogens is 546 g/mol. The van der Waals surface area contributed by atoms with Crippen molar-refractivity contribution >= 4 is 35.6 Å². The number of hydrogen-bond acceptors (Lipinski definition) is 10. The van der Waals surface area contributed by atoms with Gasteiger partial charge in [0.25, 0.3) is 0 Å². The van der Waals surface area contributed by atoms with E-state index in [9.17, 15) is 44.1 Å². The molecule has 232 valence electrons. The van der Waals surface area contributed by atoms with Gasteiger partial charge in [0.05, 0.1) is 18.8 Å². The van der Waals surface area contributed by atoms with Crippen molar-refractivity contribution in [2.45, 2.75) is 95.5 Å². The lowest BCUT2D eigenvalue weighted by Gasteiger charge is -2.41. The van der Waals surface area contributed by atoms with Crippen molar-refractivity contribution in [3.63, 3.8) is 0 Å². The van der Waals surface area contributed by atoms with Crippen LogP contribution in [0.4, 0.5) is 0 Å². The largest absolute Gasteiger partial charge is 0.480 e. The Morgan fingerprint density at radius 1 is 0.927 bits per heavy atom. The third-order valence-corrected chi connectivity index (χ3v) is 7.18. The van der Waals surface area contributed by atoms with Crippen molar-refractivity contribution < 1.29 is 53.6 Å². The highest BCUT2D eigenvalue weighted by atomic mass is 16.7. The van der Waals surface area contributed by atoms with Crippen LogP contribution in [0.25, 0.3) is 0 Å². The van der Waals surface area contributed by atoms with Crippen molar-refractivity contribution in [2.75, 3.05) is 13.2 Å². The molecule has 0 saturated carbocycles. The standard InChI is InChI=1S/C25H41N5O11/c1-11(18-19(28-13(3)31)25-40-10-16(41-25)20(18)33)21(34)27-12(2)22(35)30-15(24(38)39)7-8-17(32)29-14(23(36)37)6-4-5-9-26/h11-12,14-16,18-20,25,33H,4-10,26H2,1-3H3,(H,27,34)(H,28,31)(H,29,32)(H,30,35)(H,36,37)(H,38,39)/t11-,12+,14+,15-,16-,18-,19-,20-,25?/m1/s1. The Morgan fingerprint density at radius 2 is 1.56 bits per heavy atom. The lowest BCUT2D eigenvalue weighted by molar-refractivity contribution is -0.178. The predicted molar refractivity (Wildman–Crippen MR) is 140 cm³/mol. The van der Waals surface area contributed by atoms with Gasteiger partial charge in [-0.1, -0.05) is 6.92 Å². The summed E-state index contributed by atoms with van der Waals surface area (Å²) in [5.74, 6) is -6.92. The fourth-order valence-corrected chi connectivity index (χ4v) is 4.89. The van der Waals surface area contributed by atoms with E-state index in [-0.39, 0.29) is 25.9 Å². The van der Waals surface area contributed by atoms with Crippen molar-refractivity contribution in [1.82, 2.24) is 21.3 Å². The maximum absolute atomic E-state index is 13.0. The fourth-order valence-electron chi connectivity index (χ4n) is 4.89. The number of aliphatic carboxylic acids is 2. The van der Waals surface area contributed by atoms with E-state index in [1.165, 1.54) is 20.8 Å². The minimum Gasteiger partial charge on any atom is -0.480 e. The number of nitrogens with one attached hydrogen (secondary N) is 4. The second-order valence-electron chi connectivity index (χ2n) is 10.4. The molecular formula is C25H41N5O11. The number of aliphatic hydroxyl groups is 1. The molecule has 9 N–H and O–H groups in total. The van der Waals surface area contributed by atoms with Crippen LogP contribution in [-0.4, -0.2) is 107 Å². The third kappa shape index (κ3) is 9.62. The van der Waals surface area contributed by atoms with Gasteiger partial charge in [0.15, 0.2) is 6.29 Å². The average Bonchev–Trinajstić information content (AvgIpc) is 3.34. The zero-order valence-electron chi connectivity index (χ0n) is 23.3. The van der Waals surface area contributed by atoms with Gasteiger partial charge in [-0.25, -0.2) is 9.59 Å². The Hall–Kier alpha value is -3.34. The molecule has 1 unspecified atom stereocenters. The molecule has 0 aromatic heterocycles. The van der Waals surface area contributed by atoms with Crippen molar-refractivity contribution in [3.05, 3.63) is 0 Å². The van der Waals surface area contributed by atoms with Crippen LogP contribution in [-0.2, 0) is 38.2 Å². The number of hydrogen-bond donors (Lipinski definition) is 8. The van der Waals surface area contributed by atoms with Crippen molar-refractivity contribution in [1.29, 1.82) is 0 Å². The van der Waals surface area contributed by atoms with E-state index in [0.717, 1.165) is 0 Å². The van der Waals surface area contributed by atoms with E-state index in [1.54, 1.807) is 0 Å². The molecule has 41 heavy (non-hydrogen) atoms. The summed E-state index contributed by atoms with van der Waals surface area (Å²) in [5.41, 5.74) is 5.40. The summed E-state index contributed by atoms with van der Waals surface area (Å²) in [6, 6.07) is -4.65. The number of ether oxygens (including phenoxy) is 2. The Balaban J connectivity index is 1.94. The lowest BCUT2D eigenvalue weighted by atomic mass is 9.78. The van der Waals surface area contributed by atoms with Gasteiger partial charge in [-0.15, -0.1) is 0 Å². The molecule has 0 radical (unpaired) electrons. The molecule has 2 aliphatic heterocycles. The van der Waals surface area contributed by atoms with Crippen LogP contribution in [0, 0.1) is 11.8 Å². The molecule has 0 spiro atoms. The summed E-state index contributed by atoms with van der Waals surface area (Å²) in [7, 11) is 0. The molecule has 9 atom stereocenters. The number of unbranched alkanes of at least 4 members (excludes halogenated alkanes) is 1. The van der Waals surface area contributed by atoms with Gasteiger partial charge in [-0.05, 0) is 39.2 Å². The van der Waals surface area contributed by atoms with Crippen LogP contribution in [0.2, 0.25) is 0 Å². The Morgan fingerprint density at radius 3 is 2.15 bits per heavy atom. The average molecular weight is 588 g/mol. The van der Waals surface area contributed by atoms with Gasteiger partial charge in [-0.3, -0.25) is 19.2 Å². The predicted octanol–water partition coefficient (Wildman–Crippen LogP) is -2.59. The zero-order valence-corrected chi connectivity index (χ0v) is 23.3. The molecule has 0 aromatic rings. The minimum absolute atomic E-state index is 0.0887. The first-order chi connectivity index (χ1) is 19.3. The molecule has 2 bridgehead atoms. The number of nitrogens with two attached hydrogens (primary N) is 1. The van der Waals surface area contributed by atoms with Crippen LogP contribution in [0.1, 0.15) is 52.9 Å². The van der Waals surface area contributed by atoms with Gasteiger partial charge < -0.3 is 51.8 Å². The van der Waals surface area contributed by atoms with E-state index < -0.39 is 90.1 Å². The van der Waals surface area contributed by atoms with E-state index in [2.05, 4.69) is 21.3 Å². The Kier molecular flexibility index (Phi) is 12.9. The Bertz CT molecular complexity index is 980. The maximum Gasteiger partial charge on any atom is 0.326 e. The number of carbonyl (C=O) groups is 6. The monoisotopic (exact) mass is 587 g/mol. The van der Waals surface area contributed by atoms with Gasteiger partial charge in [0.2, 0.25) is 23.6 Å². The second kappa shape index (κ2) is 15.6. The van der Waals surface area contributed by atoms with Crippen molar-refractivity contribution in [3.8, 4) is 0 Å². The van der Waals surface area contributed by atoms with Crippen LogP contribution in [0.5, 0.6) is 0 Å². The summed E-state index contributed by atoms with van der Waals surface area (Å²) in [5, 5.41) is 39.3. The summed E-state index contributed by atoms with van der Waals surface area (Å²) in [6.45, 7) is 4.60. The molecule has 0 aromatic carbocycles. The fraction of sp³-hybridized carbons (Fsp3) is 0.760. The molecule has 2 fully saturated rings. The van der Waals surface area contributed by atoms with E-state index in [1.807, 2.05) is 0 Å². The summed E-state index contributed by atoms with van der Waals surface area (Å²) < 4.78 is 11.1. The molecule has 0 aliphatic carbocycles. The normalized spacial score (nSPS) is 26.1. The van der Waals surface area contributed by atoms with Gasteiger partial charge in [-0.2, -0.15) is 0 Å². The highest BCUT2D eigenvalue weighted by molar-refractivity contribution is 5.91. The van der Waals surface area contributed by atoms with E-state index >= 15 is 0 Å². The number of fused-ring (bicyclic) bond motifs is 2. The second-order valence-corrected chi connectivity index (χ2v) is 10.4. The summed E-state index contributed by atoms with van der Waals surface area (Å²) in [4.78, 5) is 72.8. The number of aliphatic hydroxyl groups excluding tert-OH is 1. The highest BCUT2D eigenvalue weighted by Gasteiger charge is 2.53. The van der Waals surface area contributed by atoms with Gasteiger partial charge >= 0.3 is 11.9 Å². The van der Waals surface area contributed by atoms with E-state index in [4.69, 9.17) is 15.2 Å². The van der Waals surface area contributed by atoms with Crippen molar-refractivity contribution in [2.24, 2.45) is 17.6 Å². The number of carbonyl (C=O) groups excluding carboxylic acids is 4. The number of amides is 4. The first-order valence-electron chi connectivity index (χ1n) is 13.5. The number of carboxylic acids is 2. The molecule has 4 amide bonds. The van der Waals surface area contributed by atoms with Gasteiger partial charge in [0, 0.05) is 25.2 Å². The molecule has 2 heterocycles. The molecule has 2 saturated heterocycles. The van der Waals surface area contributed by atoms with Crippen LogP contribution >= 0.6 is 0 Å². The molecule has 16 nitrogen and oxygen atoms in total.